The van der Waals surface area contributed by atoms with Crippen molar-refractivity contribution in [3.63, 3.8) is 0 Å². The van der Waals surface area contributed by atoms with E-state index in [4.69, 9.17) is 46.4 Å². The van der Waals surface area contributed by atoms with Gasteiger partial charge in [-0.05, 0) is 6.92 Å². The van der Waals surface area contributed by atoms with E-state index in [0.717, 1.165) is 7.11 Å². The van der Waals surface area contributed by atoms with Gasteiger partial charge in [0.05, 0.1) is 25.5 Å². The molecule has 2 unspecified atom stereocenters. The molecule has 10 heteroatoms. The van der Waals surface area contributed by atoms with Gasteiger partial charge in [0.15, 0.2) is 11.6 Å². The fourth-order valence-electron chi connectivity index (χ4n) is 1.45. The fourth-order valence-corrected chi connectivity index (χ4v) is 2.62. The van der Waals surface area contributed by atoms with Gasteiger partial charge >= 0.3 is 11.9 Å². The van der Waals surface area contributed by atoms with E-state index in [0.29, 0.717) is 0 Å². The number of carbonyl (C=O) groups is 4. The molecule has 0 aromatic carbocycles. The third kappa shape index (κ3) is 3.44. The highest BCUT2D eigenvalue weighted by molar-refractivity contribution is 6.64. The van der Waals surface area contributed by atoms with Crippen molar-refractivity contribution in [1.29, 1.82) is 0 Å². The van der Waals surface area contributed by atoms with Gasteiger partial charge in [-0.3, -0.25) is 9.59 Å². The average molecular weight is 382 g/mol. The molecule has 0 fully saturated rings. The molecule has 0 N–H and O–H groups in total. The molecule has 0 aromatic heterocycles. The Morgan fingerprint density at radius 1 is 0.905 bits per heavy atom. The highest BCUT2D eigenvalue weighted by Crippen LogP contribution is 2.40. The van der Waals surface area contributed by atoms with E-state index >= 15 is 0 Å². The number of hydrogen-bond donors (Lipinski definition) is 0. The molecule has 0 heterocycles. The summed E-state index contributed by atoms with van der Waals surface area (Å²) in [6.07, 6.45) is 0. The Morgan fingerprint density at radius 3 is 1.57 bits per heavy atom. The standard InChI is InChI=1S/C11H12Cl4O6/c1-3-21-9(19)11(15,7(17)5-13)10(14,6(16)4-12)8(18)20-2/h3-5H2,1-2H3. The van der Waals surface area contributed by atoms with E-state index in [-0.39, 0.29) is 6.61 Å². The largest absolute Gasteiger partial charge is 0.467 e. The summed E-state index contributed by atoms with van der Waals surface area (Å²) in [6.45, 7) is 1.25. The summed E-state index contributed by atoms with van der Waals surface area (Å²) in [7, 11) is 0.897. The lowest BCUT2D eigenvalue weighted by molar-refractivity contribution is -0.160. The van der Waals surface area contributed by atoms with Gasteiger partial charge in [0.2, 0.25) is 9.75 Å². The maximum atomic E-state index is 12.0. The highest BCUT2D eigenvalue weighted by atomic mass is 35.5. The van der Waals surface area contributed by atoms with Gasteiger partial charge in [0.1, 0.15) is 0 Å². The number of ketones is 2. The highest BCUT2D eigenvalue weighted by Gasteiger charge is 2.69. The zero-order chi connectivity index (χ0) is 16.8. The van der Waals surface area contributed by atoms with Gasteiger partial charge in [-0.25, -0.2) is 9.59 Å². The Kier molecular flexibility index (Phi) is 7.95. The number of ether oxygens (including phenoxy) is 2. The predicted octanol–water partition coefficient (Wildman–Crippen LogP) is 1.29. The first kappa shape index (κ1) is 20.4. The van der Waals surface area contributed by atoms with Crippen LogP contribution in [0.5, 0.6) is 0 Å². The van der Waals surface area contributed by atoms with Crippen molar-refractivity contribution in [2.75, 3.05) is 25.5 Å². The molecule has 6 nitrogen and oxygen atoms in total. The van der Waals surface area contributed by atoms with Crippen molar-refractivity contribution in [2.45, 2.75) is 16.7 Å². The second-order valence-corrected chi connectivity index (χ2v) is 5.31. The van der Waals surface area contributed by atoms with Gasteiger partial charge in [0.25, 0.3) is 0 Å². The molecule has 0 aliphatic rings. The number of hydrogen-bond acceptors (Lipinski definition) is 6. The summed E-state index contributed by atoms with van der Waals surface area (Å²) in [4.78, 5) is 42.1. The summed E-state index contributed by atoms with van der Waals surface area (Å²) in [5.74, 6) is -6.78. The zero-order valence-electron chi connectivity index (χ0n) is 11.1. The zero-order valence-corrected chi connectivity index (χ0v) is 14.1. The summed E-state index contributed by atoms with van der Waals surface area (Å²) in [6, 6.07) is 0. The summed E-state index contributed by atoms with van der Waals surface area (Å²) in [5.41, 5.74) is 0. The number of halogens is 4. The number of methoxy groups -OCH3 is 1. The molecule has 0 bridgehead atoms. The lowest BCUT2D eigenvalue weighted by Crippen LogP contribution is -2.66. The van der Waals surface area contributed by atoms with Crippen LogP contribution < -0.4 is 0 Å². The van der Waals surface area contributed by atoms with E-state index in [1.807, 2.05) is 0 Å². The molecule has 0 saturated heterocycles. The van der Waals surface area contributed by atoms with Gasteiger partial charge < -0.3 is 9.47 Å². The fraction of sp³-hybridized carbons (Fsp3) is 0.636. The van der Waals surface area contributed by atoms with Crippen LogP contribution in [-0.4, -0.2) is 58.7 Å². The SMILES string of the molecule is CCOC(=O)C(Cl)(C(=O)CCl)C(Cl)(C(=O)CCl)C(=O)OC. The van der Waals surface area contributed by atoms with E-state index in [1.165, 1.54) is 6.92 Å². The minimum absolute atomic E-state index is 0.175. The monoisotopic (exact) mass is 380 g/mol. The Bertz CT molecular complexity index is 436. The number of rotatable bonds is 8. The average Bonchev–Trinajstić information content (AvgIpc) is 2.50. The molecule has 0 radical (unpaired) electrons. The lowest BCUT2D eigenvalue weighted by Gasteiger charge is -2.34. The van der Waals surface area contributed by atoms with Crippen LogP contribution in [0.1, 0.15) is 6.92 Å². The van der Waals surface area contributed by atoms with Crippen molar-refractivity contribution in [3.05, 3.63) is 0 Å². The van der Waals surface area contributed by atoms with Crippen molar-refractivity contribution >= 4 is 69.9 Å². The van der Waals surface area contributed by atoms with Crippen LogP contribution in [0.25, 0.3) is 0 Å². The van der Waals surface area contributed by atoms with Crippen LogP contribution in [0.4, 0.5) is 0 Å². The predicted molar refractivity (Wildman–Crippen MR) is 77.3 cm³/mol. The normalized spacial score (nSPS) is 16.3. The molecular weight excluding hydrogens is 370 g/mol. The van der Waals surface area contributed by atoms with E-state index in [9.17, 15) is 19.2 Å². The molecule has 0 amide bonds. The topological polar surface area (TPSA) is 86.7 Å². The van der Waals surface area contributed by atoms with Crippen LogP contribution in [0.2, 0.25) is 0 Å². The Morgan fingerprint density at radius 2 is 1.29 bits per heavy atom. The summed E-state index contributed by atoms with van der Waals surface area (Å²) < 4.78 is 9.00. The minimum Gasteiger partial charge on any atom is -0.467 e. The molecule has 0 spiro atoms. The first-order chi connectivity index (χ1) is 9.68. The van der Waals surface area contributed by atoms with Crippen molar-refractivity contribution in [1.82, 2.24) is 0 Å². The van der Waals surface area contributed by atoms with Crippen LogP contribution in [0.15, 0.2) is 0 Å². The van der Waals surface area contributed by atoms with Crippen molar-refractivity contribution in [2.24, 2.45) is 0 Å². The third-order valence-corrected chi connectivity index (χ3v) is 4.39. The molecule has 0 aliphatic carbocycles. The first-order valence-electron chi connectivity index (χ1n) is 5.50. The Hall–Kier alpha value is -0.560. The Labute approximate surface area is 140 Å². The minimum atomic E-state index is -2.89. The summed E-state index contributed by atoms with van der Waals surface area (Å²) in [5, 5.41) is 0. The quantitative estimate of drug-likeness (QED) is 0.357. The van der Waals surface area contributed by atoms with Crippen molar-refractivity contribution in [3.8, 4) is 0 Å². The molecular formula is C11H12Cl4O6. The van der Waals surface area contributed by atoms with Crippen molar-refractivity contribution < 1.29 is 28.7 Å². The second kappa shape index (κ2) is 8.17. The van der Waals surface area contributed by atoms with E-state index in [2.05, 4.69) is 9.47 Å². The molecule has 0 aromatic rings. The number of carbonyl (C=O) groups excluding carboxylic acids is 4. The van der Waals surface area contributed by atoms with Gasteiger partial charge in [-0.2, -0.15) is 0 Å². The Balaban J connectivity index is 6.30. The maximum absolute atomic E-state index is 12.0. The van der Waals surface area contributed by atoms with Crippen LogP contribution in [-0.2, 0) is 28.7 Å². The molecule has 120 valence electrons. The van der Waals surface area contributed by atoms with Crippen LogP contribution in [0, 0.1) is 0 Å². The first-order valence-corrected chi connectivity index (χ1v) is 7.32. The number of alkyl halides is 4. The smallest absolute Gasteiger partial charge is 0.337 e. The van der Waals surface area contributed by atoms with Crippen LogP contribution >= 0.6 is 46.4 Å². The molecule has 0 rings (SSSR count). The van der Waals surface area contributed by atoms with Gasteiger partial charge in [-0.15, -0.1) is 23.2 Å². The molecule has 21 heavy (non-hydrogen) atoms. The van der Waals surface area contributed by atoms with Gasteiger partial charge in [0, 0.05) is 0 Å². The van der Waals surface area contributed by atoms with Crippen LogP contribution in [0.3, 0.4) is 0 Å². The third-order valence-electron chi connectivity index (χ3n) is 2.51. The maximum Gasteiger partial charge on any atom is 0.337 e. The number of esters is 2. The number of Topliss-reactive ketones (excluding diaryl/α,β-unsaturated/α-hetero) is 2. The molecule has 0 saturated carbocycles. The molecule has 2 atom stereocenters. The van der Waals surface area contributed by atoms with E-state index < -0.39 is 45.0 Å². The van der Waals surface area contributed by atoms with Gasteiger partial charge in [-0.1, -0.05) is 23.2 Å². The lowest BCUT2D eigenvalue weighted by atomic mass is 9.84. The second-order valence-electron chi connectivity index (χ2n) is 3.64. The summed E-state index contributed by atoms with van der Waals surface area (Å²) >= 11 is 22.6. The molecule has 0 aliphatic heterocycles. The van der Waals surface area contributed by atoms with E-state index in [1.54, 1.807) is 0 Å².